The van der Waals surface area contributed by atoms with Crippen LogP contribution < -0.4 is 11.5 Å². The van der Waals surface area contributed by atoms with Crippen LogP contribution in [0.25, 0.3) is 0 Å². The Labute approximate surface area is 56.5 Å². The van der Waals surface area contributed by atoms with Gasteiger partial charge in [0, 0.05) is 13.1 Å². The van der Waals surface area contributed by atoms with Gasteiger partial charge < -0.3 is 11.5 Å². The van der Waals surface area contributed by atoms with Gasteiger partial charge in [-0.3, -0.25) is 0 Å². The third-order valence-electron chi connectivity index (χ3n) is 0.167. The Hall–Kier alpha value is 1.14. The van der Waals surface area contributed by atoms with Gasteiger partial charge in [0.2, 0.25) is 0 Å². The van der Waals surface area contributed by atoms with Crippen LogP contribution in [0.1, 0.15) is 0 Å². The standard InChI is InChI=1S/C2H8N2.Ag.BrH/c3-1-2-4;;/h1-4H2;;1H/q;+1;/p-1. The summed E-state index contributed by atoms with van der Waals surface area (Å²) in [4.78, 5) is 0. The number of hydrogen-bond donors (Lipinski definition) is 2. The van der Waals surface area contributed by atoms with E-state index in [0.29, 0.717) is 13.1 Å². The molecule has 0 unspecified atom stereocenters. The Morgan fingerprint density at radius 1 is 1.17 bits per heavy atom. The second-order valence-electron chi connectivity index (χ2n) is 0.577. The average molecular weight is 248 g/mol. The van der Waals surface area contributed by atoms with Crippen LogP contribution in [0.4, 0.5) is 0 Å². The summed E-state index contributed by atoms with van der Waals surface area (Å²) in [7, 11) is 0. The first-order valence-electron chi connectivity index (χ1n) is 1.43. The Bertz CT molecular complexity index is 13.5. The van der Waals surface area contributed by atoms with Crippen LogP contribution in [0.15, 0.2) is 0 Å². The maximum absolute atomic E-state index is 4.90. The van der Waals surface area contributed by atoms with Crippen molar-refractivity contribution in [3.63, 3.8) is 0 Å². The molecular weight excluding hydrogens is 240 g/mol. The fraction of sp³-hybridized carbons (Fsp3) is 1.00. The first-order valence-corrected chi connectivity index (χ1v) is 4.82. The molecule has 4 heteroatoms. The van der Waals surface area contributed by atoms with Crippen LogP contribution in [0.5, 0.6) is 0 Å². The Kier molecular flexibility index (Phi) is 27.9. The summed E-state index contributed by atoms with van der Waals surface area (Å²) in [5.74, 6) is 0. The van der Waals surface area contributed by atoms with E-state index in [4.69, 9.17) is 11.5 Å². The normalized spacial score (nSPS) is 6.17. The molecule has 0 aromatic heterocycles. The fourth-order valence-electron chi connectivity index (χ4n) is 0. The van der Waals surface area contributed by atoms with Gasteiger partial charge in [-0.25, -0.2) is 0 Å². The summed E-state index contributed by atoms with van der Waals surface area (Å²) < 4.78 is 0. The minimum atomic E-state index is 0.597. The van der Waals surface area contributed by atoms with Gasteiger partial charge in [-0.1, -0.05) is 0 Å². The zero-order valence-corrected chi connectivity index (χ0v) is 6.32. The molecule has 0 atom stereocenters. The molecule has 0 aliphatic carbocycles. The van der Waals surface area contributed by atoms with E-state index in [9.17, 15) is 0 Å². The van der Waals surface area contributed by atoms with E-state index in [2.05, 4.69) is 32.0 Å². The molecule has 0 heterocycles. The van der Waals surface area contributed by atoms with Gasteiger partial charge in [0.25, 0.3) is 0 Å². The third kappa shape index (κ3) is 19.2. The molecule has 0 aromatic carbocycles. The summed E-state index contributed by atoms with van der Waals surface area (Å²) in [6.07, 6.45) is 0. The van der Waals surface area contributed by atoms with Crippen LogP contribution in [-0.2, 0) is 18.9 Å². The Balaban J connectivity index is 0. The summed E-state index contributed by atoms with van der Waals surface area (Å²) in [6.45, 7) is 1.19. The predicted molar refractivity (Wildman–Crippen MR) is 27.0 cm³/mol. The minimum absolute atomic E-state index is 0.597. The molecule has 0 radical (unpaired) electrons. The van der Waals surface area contributed by atoms with Gasteiger partial charge in [0.05, 0.1) is 0 Å². The molecule has 0 spiro atoms. The van der Waals surface area contributed by atoms with Gasteiger partial charge >= 0.3 is 32.0 Å². The molecule has 6 heavy (non-hydrogen) atoms. The van der Waals surface area contributed by atoms with Crippen molar-refractivity contribution in [1.82, 2.24) is 0 Å². The van der Waals surface area contributed by atoms with Crippen LogP contribution in [0.3, 0.4) is 0 Å². The van der Waals surface area contributed by atoms with Crippen molar-refractivity contribution in [3.05, 3.63) is 0 Å². The van der Waals surface area contributed by atoms with E-state index in [-0.39, 0.29) is 0 Å². The molecule has 0 rings (SSSR count). The third-order valence-corrected chi connectivity index (χ3v) is 0.167. The zero-order valence-electron chi connectivity index (χ0n) is 3.25. The van der Waals surface area contributed by atoms with E-state index >= 15 is 0 Å². The van der Waals surface area contributed by atoms with Crippen molar-refractivity contribution in [2.45, 2.75) is 0 Å². The second kappa shape index (κ2) is 16.5. The number of halogens is 1. The maximum atomic E-state index is 4.90. The van der Waals surface area contributed by atoms with Crippen molar-refractivity contribution in [3.8, 4) is 0 Å². The molecule has 44 valence electrons. The molecule has 0 aliphatic rings. The van der Waals surface area contributed by atoms with E-state index in [1.807, 2.05) is 0 Å². The molecule has 0 aromatic rings. The van der Waals surface area contributed by atoms with Crippen LogP contribution >= 0.6 is 13.0 Å². The second-order valence-corrected chi connectivity index (χ2v) is 0.577. The average Bonchev–Trinajstić information content (AvgIpc) is 1.72. The van der Waals surface area contributed by atoms with E-state index in [0.717, 1.165) is 0 Å². The Morgan fingerprint density at radius 2 is 1.33 bits per heavy atom. The van der Waals surface area contributed by atoms with E-state index in [1.165, 1.54) is 0 Å². The molecular formula is C2H8AgBrN2. The number of hydrogen-bond acceptors (Lipinski definition) is 2. The zero-order chi connectivity index (χ0) is 5.41. The Morgan fingerprint density at radius 3 is 1.33 bits per heavy atom. The molecule has 0 aliphatic heterocycles. The summed E-state index contributed by atoms with van der Waals surface area (Å²) in [6, 6.07) is 0. The first-order chi connectivity index (χ1) is 2.91. The molecule has 0 saturated heterocycles. The van der Waals surface area contributed by atoms with Crippen molar-refractivity contribution < 1.29 is 18.9 Å². The predicted octanol–water partition coefficient (Wildman–Crippen LogP) is -0.253. The van der Waals surface area contributed by atoms with E-state index < -0.39 is 0 Å². The van der Waals surface area contributed by atoms with Crippen LogP contribution in [0.2, 0.25) is 0 Å². The van der Waals surface area contributed by atoms with Crippen molar-refractivity contribution in [1.29, 1.82) is 0 Å². The van der Waals surface area contributed by atoms with Crippen LogP contribution in [0, 0.1) is 0 Å². The van der Waals surface area contributed by atoms with E-state index in [1.54, 1.807) is 0 Å². The van der Waals surface area contributed by atoms with Crippen molar-refractivity contribution in [2.24, 2.45) is 11.5 Å². The van der Waals surface area contributed by atoms with Crippen molar-refractivity contribution in [2.75, 3.05) is 13.1 Å². The van der Waals surface area contributed by atoms with Gasteiger partial charge in [0.15, 0.2) is 0 Å². The topological polar surface area (TPSA) is 52.0 Å². The molecule has 2 nitrogen and oxygen atoms in total. The van der Waals surface area contributed by atoms with Gasteiger partial charge in [-0.05, 0) is 0 Å². The molecule has 0 bridgehead atoms. The molecule has 0 fully saturated rings. The molecule has 4 N–H and O–H groups in total. The fourth-order valence-corrected chi connectivity index (χ4v) is 0. The monoisotopic (exact) mass is 246 g/mol. The molecule has 0 saturated carbocycles. The quantitative estimate of drug-likeness (QED) is 0.628. The summed E-state index contributed by atoms with van der Waals surface area (Å²) in [5.41, 5.74) is 9.81. The SMILES string of the molecule is NCCN.[Br][Ag]. The van der Waals surface area contributed by atoms with Gasteiger partial charge in [-0.2, -0.15) is 0 Å². The van der Waals surface area contributed by atoms with Crippen LogP contribution in [-0.4, -0.2) is 13.1 Å². The van der Waals surface area contributed by atoms with Crippen molar-refractivity contribution >= 4 is 13.0 Å². The molecule has 0 amide bonds. The van der Waals surface area contributed by atoms with Gasteiger partial charge in [-0.15, -0.1) is 0 Å². The summed E-state index contributed by atoms with van der Waals surface area (Å²) >= 11 is 5.51. The first kappa shape index (κ1) is 10.2. The number of nitrogens with two attached hydrogens (primary N) is 2. The number of rotatable bonds is 1. The summed E-state index contributed by atoms with van der Waals surface area (Å²) in [5, 5.41) is 0. The van der Waals surface area contributed by atoms with Gasteiger partial charge in [0.1, 0.15) is 0 Å².